The average Bonchev–Trinajstić information content (AvgIpc) is 2.34. The molecule has 1 heterocycles. The SMILES string of the molecule is Cc1ccc(OCC(=O)NC(C)C)c(C=CC(=O)O)n1. The number of nitrogens with one attached hydrogen (secondary N) is 1. The molecule has 0 saturated carbocycles. The summed E-state index contributed by atoms with van der Waals surface area (Å²) >= 11 is 0. The van der Waals surface area contributed by atoms with Crippen LogP contribution in [0.15, 0.2) is 18.2 Å². The van der Waals surface area contributed by atoms with Crippen LogP contribution in [-0.4, -0.2) is 34.6 Å². The molecule has 0 radical (unpaired) electrons. The van der Waals surface area contributed by atoms with Crippen molar-refractivity contribution in [1.29, 1.82) is 0 Å². The van der Waals surface area contributed by atoms with E-state index in [4.69, 9.17) is 9.84 Å². The summed E-state index contributed by atoms with van der Waals surface area (Å²) in [4.78, 5) is 26.2. The Morgan fingerprint density at radius 3 is 2.75 bits per heavy atom. The van der Waals surface area contributed by atoms with Crippen molar-refractivity contribution in [3.63, 3.8) is 0 Å². The van der Waals surface area contributed by atoms with Gasteiger partial charge >= 0.3 is 5.97 Å². The quantitative estimate of drug-likeness (QED) is 0.768. The molecule has 1 amide bonds. The van der Waals surface area contributed by atoms with E-state index in [1.165, 1.54) is 6.08 Å². The summed E-state index contributed by atoms with van der Waals surface area (Å²) in [5, 5.41) is 11.3. The van der Waals surface area contributed by atoms with Crippen molar-refractivity contribution in [3.05, 3.63) is 29.6 Å². The molecule has 0 atom stereocenters. The second kappa shape index (κ2) is 7.28. The lowest BCUT2D eigenvalue weighted by Gasteiger charge is -2.11. The minimum atomic E-state index is -1.07. The first-order valence-electron chi connectivity index (χ1n) is 6.19. The lowest BCUT2D eigenvalue weighted by molar-refractivity contribution is -0.131. The number of aliphatic carboxylic acids is 1. The Labute approximate surface area is 117 Å². The van der Waals surface area contributed by atoms with Gasteiger partial charge in [0.25, 0.3) is 5.91 Å². The van der Waals surface area contributed by atoms with Crippen LogP contribution in [0.1, 0.15) is 25.2 Å². The molecule has 0 saturated heterocycles. The molecular formula is C14H18N2O4. The van der Waals surface area contributed by atoms with Crippen LogP contribution in [0.5, 0.6) is 5.75 Å². The molecule has 0 spiro atoms. The summed E-state index contributed by atoms with van der Waals surface area (Å²) in [6, 6.07) is 3.42. The third kappa shape index (κ3) is 5.51. The predicted octanol–water partition coefficient (Wildman–Crippen LogP) is 1.39. The maximum absolute atomic E-state index is 11.5. The number of aryl methyl sites for hydroxylation is 1. The van der Waals surface area contributed by atoms with E-state index in [2.05, 4.69) is 10.3 Å². The van der Waals surface area contributed by atoms with Crippen molar-refractivity contribution >= 4 is 18.0 Å². The molecule has 0 aliphatic rings. The first-order chi connectivity index (χ1) is 9.38. The van der Waals surface area contributed by atoms with E-state index in [0.717, 1.165) is 11.8 Å². The largest absolute Gasteiger partial charge is 0.482 e. The minimum Gasteiger partial charge on any atom is -0.482 e. The summed E-state index contributed by atoms with van der Waals surface area (Å²) < 4.78 is 5.37. The number of nitrogens with zero attached hydrogens (tertiary/aromatic N) is 1. The zero-order valence-electron chi connectivity index (χ0n) is 11.7. The Balaban J connectivity index is 2.78. The van der Waals surface area contributed by atoms with E-state index in [1.54, 1.807) is 19.1 Å². The highest BCUT2D eigenvalue weighted by Crippen LogP contribution is 2.18. The molecule has 0 fully saturated rings. The third-order valence-electron chi connectivity index (χ3n) is 2.22. The molecule has 6 heteroatoms. The van der Waals surface area contributed by atoms with Crippen LogP contribution in [0, 0.1) is 6.92 Å². The number of rotatable bonds is 6. The Morgan fingerprint density at radius 2 is 2.15 bits per heavy atom. The van der Waals surface area contributed by atoms with E-state index in [0.29, 0.717) is 11.4 Å². The first kappa shape index (κ1) is 15.7. The molecule has 1 aromatic rings. The standard InChI is InChI=1S/C14H18N2O4/c1-9(2)15-13(17)8-20-12-6-4-10(3)16-11(12)5-7-14(18)19/h4-7,9H,8H2,1-3H3,(H,15,17)(H,18,19). The second-order valence-electron chi connectivity index (χ2n) is 4.52. The lowest BCUT2D eigenvalue weighted by Crippen LogP contribution is -2.34. The van der Waals surface area contributed by atoms with Crippen molar-refractivity contribution in [2.75, 3.05) is 6.61 Å². The minimum absolute atomic E-state index is 0.0358. The Bertz CT molecular complexity index is 524. The van der Waals surface area contributed by atoms with Crippen LogP contribution in [0.4, 0.5) is 0 Å². The van der Waals surface area contributed by atoms with E-state index in [1.807, 2.05) is 13.8 Å². The summed E-state index contributed by atoms with van der Waals surface area (Å²) in [5.74, 6) is -0.947. The topological polar surface area (TPSA) is 88.5 Å². The van der Waals surface area contributed by atoms with Crippen LogP contribution >= 0.6 is 0 Å². The molecule has 6 nitrogen and oxygen atoms in total. The number of aromatic nitrogens is 1. The maximum atomic E-state index is 11.5. The number of pyridine rings is 1. The predicted molar refractivity (Wildman–Crippen MR) is 74.4 cm³/mol. The normalized spacial score (nSPS) is 10.8. The zero-order valence-corrected chi connectivity index (χ0v) is 11.7. The van der Waals surface area contributed by atoms with Crippen LogP contribution in [-0.2, 0) is 9.59 Å². The lowest BCUT2D eigenvalue weighted by atomic mass is 10.2. The molecule has 0 aliphatic heterocycles. The van der Waals surface area contributed by atoms with Gasteiger partial charge < -0.3 is 15.2 Å². The molecular weight excluding hydrogens is 260 g/mol. The van der Waals surface area contributed by atoms with Crippen molar-refractivity contribution in [1.82, 2.24) is 10.3 Å². The third-order valence-corrected chi connectivity index (χ3v) is 2.22. The number of carbonyl (C=O) groups is 2. The van der Waals surface area contributed by atoms with Crippen LogP contribution in [0.25, 0.3) is 6.08 Å². The first-order valence-corrected chi connectivity index (χ1v) is 6.19. The van der Waals surface area contributed by atoms with Gasteiger partial charge in [-0.3, -0.25) is 4.79 Å². The van der Waals surface area contributed by atoms with Gasteiger partial charge in [-0.05, 0) is 39.0 Å². The summed E-state index contributed by atoms with van der Waals surface area (Å²) in [5.41, 5.74) is 1.11. The Morgan fingerprint density at radius 1 is 1.45 bits per heavy atom. The fraction of sp³-hybridized carbons (Fsp3) is 0.357. The molecule has 2 N–H and O–H groups in total. The highest BCUT2D eigenvalue weighted by Gasteiger charge is 2.08. The molecule has 1 rings (SSSR count). The smallest absolute Gasteiger partial charge is 0.328 e. The number of amides is 1. The Hall–Kier alpha value is -2.37. The number of carboxylic acids is 1. The van der Waals surface area contributed by atoms with Crippen LogP contribution in [0.2, 0.25) is 0 Å². The van der Waals surface area contributed by atoms with Gasteiger partial charge in [0.15, 0.2) is 6.61 Å². The highest BCUT2D eigenvalue weighted by atomic mass is 16.5. The molecule has 108 valence electrons. The van der Waals surface area contributed by atoms with Crippen LogP contribution in [0.3, 0.4) is 0 Å². The number of hydrogen-bond acceptors (Lipinski definition) is 4. The number of carbonyl (C=O) groups excluding carboxylic acids is 1. The number of hydrogen-bond donors (Lipinski definition) is 2. The van der Waals surface area contributed by atoms with Gasteiger partial charge in [-0.15, -0.1) is 0 Å². The molecule has 0 aliphatic carbocycles. The van der Waals surface area contributed by atoms with E-state index >= 15 is 0 Å². The molecule has 0 aromatic carbocycles. The van der Waals surface area contributed by atoms with Gasteiger partial charge in [0, 0.05) is 17.8 Å². The zero-order chi connectivity index (χ0) is 15.1. The summed E-state index contributed by atoms with van der Waals surface area (Å²) in [6.45, 7) is 5.35. The Kier molecular flexibility index (Phi) is 5.71. The van der Waals surface area contributed by atoms with Crippen molar-refractivity contribution in [3.8, 4) is 5.75 Å². The number of ether oxygens (including phenoxy) is 1. The second-order valence-corrected chi connectivity index (χ2v) is 4.52. The van der Waals surface area contributed by atoms with Gasteiger partial charge in [-0.25, -0.2) is 9.78 Å². The molecule has 20 heavy (non-hydrogen) atoms. The highest BCUT2D eigenvalue weighted by molar-refractivity contribution is 5.85. The van der Waals surface area contributed by atoms with Gasteiger partial charge in [0.2, 0.25) is 0 Å². The summed E-state index contributed by atoms with van der Waals surface area (Å²) in [6.07, 6.45) is 2.31. The fourth-order valence-corrected chi connectivity index (χ4v) is 1.46. The maximum Gasteiger partial charge on any atom is 0.328 e. The molecule has 0 bridgehead atoms. The van der Waals surface area contributed by atoms with Gasteiger partial charge in [0.1, 0.15) is 11.4 Å². The van der Waals surface area contributed by atoms with Crippen molar-refractivity contribution in [2.24, 2.45) is 0 Å². The monoisotopic (exact) mass is 278 g/mol. The number of carboxylic acid groups (broad SMARTS) is 1. The fourth-order valence-electron chi connectivity index (χ4n) is 1.46. The van der Waals surface area contributed by atoms with Crippen LogP contribution < -0.4 is 10.1 Å². The van der Waals surface area contributed by atoms with E-state index in [-0.39, 0.29) is 18.6 Å². The van der Waals surface area contributed by atoms with Gasteiger partial charge in [0.05, 0.1) is 0 Å². The molecule has 0 unspecified atom stereocenters. The van der Waals surface area contributed by atoms with Crippen molar-refractivity contribution < 1.29 is 19.4 Å². The van der Waals surface area contributed by atoms with E-state index < -0.39 is 5.97 Å². The molecule has 1 aromatic heterocycles. The summed E-state index contributed by atoms with van der Waals surface area (Å²) in [7, 11) is 0. The van der Waals surface area contributed by atoms with Crippen molar-refractivity contribution in [2.45, 2.75) is 26.8 Å². The van der Waals surface area contributed by atoms with E-state index in [9.17, 15) is 9.59 Å². The average molecular weight is 278 g/mol. The van der Waals surface area contributed by atoms with Gasteiger partial charge in [-0.2, -0.15) is 0 Å². The van der Waals surface area contributed by atoms with Gasteiger partial charge in [-0.1, -0.05) is 0 Å².